The third-order valence-corrected chi connectivity index (χ3v) is 6.12. The van der Waals surface area contributed by atoms with E-state index in [1.165, 1.54) is 16.8 Å². The molecular formula is C21H24BrN3O2. The van der Waals surface area contributed by atoms with E-state index in [9.17, 15) is 4.79 Å². The van der Waals surface area contributed by atoms with E-state index in [4.69, 9.17) is 14.7 Å². The first-order valence-electron chi connectivity index (χ1n) is 9.67. The van der Waals surface area contributed by atoms with Crippen molar-refractivity contribution >= 4 is 22.0 Å². The Bertz CT molecular complexity index is 834. The number of pyridine rings is 2. The molecule has 0 N–H and O–H groups in total. The van der Waals surface area contributed by atoms with E-state index < -0.39 is 0 Å². The van der Waals surface area contributed by atoms with Crippen molar-refractivity contribution in [3.8, 4) is 0 Å². The van der Waals surface area contributed by atoms with Crippen molar-refractivity contribution in [3.63, 3.8) is 0 Å². The first-order chi connectivity index (χ1) is 13.2. The maximum atomic E-state index is 12.0. The van der Waals surface area contributed by atoms with Crippen molar-refractivity contribution in [2.45, 2.75) is 38.5 Å². The fourth-order valence-corrected chi connectivity index (χ4v) is 4.77. The molecule has 0 spiro atoms. The molecule has 1 unspecified atom stereocenters. The molecule has 0 aromatic carbocycles. The van der Waals surface area contributed by atoms with Gasteiger partial charge in [0.05, 0.1) is 18.0 Å². The summed E-state index contributed by atoms with van der Waals surface area (Å²) in [6.45, 7) is 3.73. The highest BCUT2D eigenvalue weighted by atomic mass is 79.9. The normalized spacial score (nSPS) is 19.8. The molecule has 142 valence electrons. The standard InChI is InChI=1S/C21H24BrN3O2/c1-2-27-21(26)25-10-7-14(8-11-25)18-19-15(4-3-9-23-19)5-6-16-12-17(22)13-24-20(16)18/h3-4,9,12-14,18H,2,5-8,10-11H2,1H3. The van der Waals surface area contributed by atoms with Gasteiger partial charge in [0.1, 0.15) is 0 Å². The van der Waals surface area contributed by atoms with E-state index in [1.807, 2.05) is 30.3 Å². The molecular weight excluding hydrogens is 406 g/mol. The average molecular weight is 430 g/mol. The number of halogens is 1. The molecule has 3 heterocycles. The molecule has 1 aliphatic carbocycles. The molecule has 4 rings (SSSR count). The van der Waals surface area contributed by atoms with E-state index >= 15 is 0 Å². The van der Waals surface area contributed by atoms with Gasteiger partial charge in [0.25, 0.3) is 0 Å². The molecule has 0 radical (unpaired) electrons. The van der Waals surface area contributed by atoms with Gasteiger partial charge < -0.3 is 9.64 Å². The van der Waals surface area contributed by atoms with E-state index in [0.29, 0.717) is 12.5 Å². The number of likely N-dealkylation sites (tertiary alicyclic amines) is 1. The van der Waals surface area contributed by atoms with Crippen molar-refractivity contribution in [1.29, 1.82) is 0 Å². The number of nitrogens with zero attached hydrogens (tertiary/aromatic N) is 3. The Kier molecular flexibility index (Phi) is 5.43. The Morgan fingerprint density at radius 2 is 1.96 bits per heavy atom. The molecule has 1 amide bonds. The molecule has 6 heteroatoms. The second-order valence-corrected chi connectivity index (χ2v) is 8.16. The molecule has 2 aliphatic rings. The lowest BCUT2D eigenvalue weighted by Crippen LogP contribution is -2.40. The predicted molar refractivity (Wildman–Crippen MR) is 107 cm³/mol. The summed E-state index contributed by atoms with van der Waals surface area (Å²) in [4.78, 5) is 23.5. The number of rotatable bonds is 2. The summed E-state index contributed by atoms with van der Waals surface area (Å²) in [7, 11) is 0. The van der Waals surface area contributed by atoms with Crippen LogP contribution in [0.25, 0.3) is 0 Å². The van der Waals surface area contributed by atoms with Crippen LogP contribution in [0.1, 0.15) is 48.2 Å². The molecule has 2 aromatic heterocycles. The van der Waals surface area contributed by atoms with Gasteiger partial charge in [-0.05, 0) is 77.7 Å². The van der Waals surface area contributed by atoms with E-state index in [0.717, 1.165) is 48.9 Å². The molecule has 5 nitrogen and oxygen atoms in total. The Morgan fingerprint density at radius 3 is 2.74 bits per heavy atom. The molecule has 1 atom stereocenters. The largest absolute Gasteiger partial charge is 0.450 e. The topological polar surface area (TPSA) is 55.3 Å². The van der Waals surface area contributed by atoms with Crippen LogP contribution in [0.2, 0.25) is 0 Å². The number of ether oxygens (including phenoxy) is 1. The average Bonchev–Trinajstić information content (AvgIpc) is 2.85. The van der Waals surface area contributed by atoms with Crippen LogP contribution in [0, 0.1) is 5.92 Å². The summed E-state index contributed by atoms with van der Waals surface area (Å²) in [5.74, 6) is 0.617. The lowest BCUT2D eigenvalue weighted by atomic mass is 9.78. The number of aromatic nitrogens is 2. The van der Waals surface area contributed by atoms with Crippen molar-refractivity contribution < 1.29 is 9.53 Å². The predicted octanol–water partition coefficient (Wildman–Crippen LogP) is 4.34. The van der Waals surface area contributed by atoms with Crippen LogP contribution in [-0.2, 0) is 17.6 Å². The number of amides is 1. The van der Waals surface area contributed by atoms with Gasteiger partial charge in [0, 0.05) is 35.9 Å². The first-order valence-corrected chi connectivity index (χ1v) is 10.5. The quantitative estimate of drug-likeness (QED) is 0.712. The number of carbonyl (C=O) groups excluding carboxylic acids is 1. The highest BCUT2D eigenvalue weighted by molar-refractivity contribution is 9.10. The van der Waals surface area contributed by atoms with E-state index in [-0.39, 0.29) is 12.0 Å². The van der Waals surface area contributed by atoms with Gasteiger partial charge in [0.15, 0.2) is 0 Å². The second kappa shape index (κ2) is 7.97. The van der Waals surface area contributed by atoms with Gasteiger partial charge >= 0.3 is 6.09 Å². The van der Waals surface area contributed by atoms with Crippen molar-refractivity contribution in [1.82, 2.24) is 14.9 Å². The number of hydrogen-bond donors (Lipinski definition) is 0. The summed E-state index contributed by atoms with van der Waals surface area (Å²) in [6.07, 6.45) is 7.45. The SMILES string of the molecule is CCOC(=O)N1CCC(C2c3ncccc3CCc3cc(Br)cnc32)CC1. The highest BCUT2D eigenvalue weighted by Crippen LogP contribution is 2.41. The third-order valence-electron chi connectivity index (χ3n) is 5.68. The molecule has 0 saturated carbocycles. The van der Waals surface area contributed by atoms with Crippen LogP contribution in [0.4, 0.5) is 4.79 Å². The van der Waals surface area contributed by atoms with Crippen LogP contribution in [-0.4, -0.2) is 40.7 Å². The van der Waals surface area contributed by atoms with Crippen molar-refractivity contribution in [2.24, 2.45) is 5.92 Å². The van der Waals surface area contributed by atoms with Gasteiger partial charge in [0.2, 0.25) is 0 Å². The van der Waals surface area contributed by atoms with Crippen LogP contribution in [0.3, 0.4) is 0 Å². The van der Waals surface area contributed by atoms with Crippen molar-refractivity contribution in [3.05, 3.63) is 57.6 Å². The summed E-state index contributed by atoms with van der Waals surface area (Å²) < 4.78 is 6.19. The van der Waals surface area contributed by atoms with Gasteiger partial charge in [-0.3, -0.25) is 9.97 Å². The Hall–Kier alpha value is -1.95. The zero-order chi connectivity index (χ0) is 18.8. The molecule has 0 bridgehead atoms. The van der Waals surface area contributed by atoms with Crippen LogP contribution < -0.4 is 0 Å². The fraction of sp³-hybridized carbons (Fsp3) is 0.476. The molecule has 2 aromatic rings. The minimum absolute atomic E-state index is 0.191. The van der Waals surface area contributed by atoms with Gasteiger partial charge in [-0.1, -0.05) is 6.07 Å². The highest BCUT2D eigenvalue weighted by Gasteiger charge is 2.35. The van der Waals surface area contributed by atoms with Crippen molar-refractivity contribution in [2.75, 3.05) is 19.7 Å². The minimum atomic E-state index is -0.196. The Labute approximate surface area is 168 Å². The molecule has 1 saturated heterocycles. The molecule has 1 aliphatic heterocycles. The maximum Gasteiger partial charge on any atom is 0.409 e. The van der Waals surface area contributed by atoms with Crippen LogP contribution in [0.5, 0.6) is 0 Å². The zero-order valence-electron chi connectivity index (χ0n) is 15.5. The monoisotopic (exact) mass is 429 g/mol. The minimum Gasteiger partial charge on any atom is -0.450 e. The summed E-state index contributed by atoms with van der Waals surface area (Å²) in [5.41, 5.74) is 4.95. The Morgan fingerprint density at radius 1 is 1.22 bits per heavy atom. The Balaban J connectivity index is 1.65. The smallest absolute Gasteiger partial charge is 0.409 e. The van der Waals surface area contributed by atoms with Gasteiger partial charge in [-0.2, -0.15) is 0 Å². The fourth-order valence-electron chi connectivity index (χ4n) is 4.39. The lowest BCUT2D eigenvalue weighted by Gasteiger charge is -2.35. The zero-order valence-corrected chi connectivity index (χ0v) is 17.1. The number of carbonyl (C=O) groups is 1. The molecule has 27 heavy (non-hydrogen) atoms. The summed E-state index contributed by atoms with van der Waals surface area (Å²) in [5, 5.41) is 0. The van der Waals surface area contributed by atoms with Gasteiger partial charge in [-0.25, -0.2) is 4.79 Å². The second-order valence-electron chi connectivity index (χ2n) is 7.25. The summed E-state index contributed by atoms with van der Waals surface area (Å²) >= 11 is 3.57. The first kappa shape index (κ1) is 18.4. The number of aryl methyl sites for hydroxylation is 2. The van der Waals surface area contributed by atoms with Crippen LogP contribution >= 0.6 is 15.9 Å². The summed E-state index contributed by atoms with van der Waals surface area (Å²) in [6, 6.07) is 6.43. The number of hydrogen-bond acceptors (Lipinski definition) is 4. The van der Waals surface area contributed by atoms with E-state index in [1.54, 1.807) is 0 Å². The number of fused-ring (bicyclic) bond motifs is 2. The third kappa shape index (κ3) is 3.72. The number of piperidine rings is 1. The maximum absolute atomic E-state index is 12.0. The lowest BCUT2D eigenvalue weighted by molar-refractivity contribution is 0.0898. The van der Waals surface area contributed by atoms with E-state index in [2.05, 4.69) is 28.1 Å². The van der Waals surface area contributed by atoms with Crippen LogP contribution in [0.15, 0.2) is 35.1 Å². The molecule has 1 fully saturated rings. The van der Waals surface area contributed by atoms with Gasteiger partial charge in [-0.15, -0.1) is 0 Å².